The van der Waals surface area contributed by atoms with Gasteiger partial charge in [0.15, 0.2) is 12.4 Å². The van der Waals surface area contributed by atoms with Crippen LogP contribution in [0.15, 0.2) is 11.5 Å². The van der Waals surface area contributed by atoms with Crippen LogP contribution in [0.4, 0.5) is 0 Å². The van der Waals surface area contributed by atoms with E-state index in [2.05, 4.69) is 20.3 Å². The lowest BCUT2D eigenvalue weighted by atomic mass is 10.5. The number of hydrogen-bond donors (Lipinski definition) is 1. The van der Waals surface area contributed by atoms with E-state index in [4.69, 9.17) is 4.84 Å². The van der Waals surface area contributed by atoms with Crippen LogP contribution in [-0.2, 0) is 11.4 Å². The van der Waals surface area contributed by atoms with E-state index in [1.165, 1.54) is 6.33 Å². The molecule has 0 spiro atoms. The molecule has 11 heavy (non-hydrogen) atoms. The summed E-state index contributed by atoms with van der Waals surface area (Å²) in [4.78, 5) is 8.75. The van der Waals surface area contributed by atoms with Crippen molar-refractivity contribution in [1.82, 2.24) is 15.2 Å². The van der Waals surface area contributed by atoms with Crippen LogP contribution in [-0.4, -0.2) is 20.9 Å². The number of hydrogen-bond acceptors (Lipinski definition) is 4. The SMILES string of the molecule is CC(C)=NOCc1ncn[nH]1. The van der Waals surface area contributed by atoms with Crippen LogP contribution < -0.4 is 0 Å². The molecular weight excluding hydrogens is 144 g/mol. The van der Waals surface area contributed by atoms with Crippen molar-refractivity contribution >= 4 is 5.71 Å². The highest BCUT2D eigenvalue weighted by Crippen LogP contribution is 1.90. The summed E-state index contributed by atoms with van der Waals surface area (Å²) in [5.41, 5.74) is 0.879. The minimum atomic E-state index is 0.338. The number of nitrogens with zero attached hydrogens (tertiary/aromatic N) is 3. The van der Waals surface area contributed by atoms with Gasteiger partial charge in [-0.2, -0.15) is 5.10 Å². The van der Waals surface area contributed by atoms with Gasteiger partial charge >= 0.3 is 0 Å². The lowest BCUT2D eigenvalue weighted by Gasteiger charge is -1.94. The molecule has 0 aliphatic carbocycles. The number of oxime groups is 1. The summed E-state index contributed by atoms with van der Waals surface area (Å²) >= 11 is 0. The Morgan fingerprint density at radius 3 is 3.09 bits per heavy atom. The van der Waals surface area contributed by atoms with Gasteiger partial charge < -0.3 is 4.84 Å². The molecule has 1 aromatic rings. The highest BCUT2D eigenvalue weighted by Gasteiger charge is 1.92. The Labute approximate surface area is 64.5 Å². The predicted octanol–water partition coefficient (Wildman–Crippen LogP) is 0.717. The molecule has 1 N–H and O–H groups in total. The fraction of sp³-hybridized carbons (Fsp3) is 0.500. The summed E-state index contributed by atoms with van der Waals surface area (Å²) in [6.45, 7) is 4.06. The van der Waals surface area contributed by atoms with Gasteiger partial charge in [0.05, 0.1) is 5.71 Å². The molecule has 1 rings (SSSR count). The monoisotopic (exact) mass is 154 g/mol. The molecule has 0 aliphatic rings. The third kappa shape index (κ3) is 2.79. The predicted molar refractivity (Wildman–Crippen MR) is 40.0 cm³/mol. The lowest BCUT2D eigenvalue weighted by molar-refractivity contribution is 0.124. The highest BCUT2D eigenvalue weighted by atomic mass is 16.6. The summed E-state index contributed by atoms with van der Waals surface area (Å²) in [6, 6.07) is 0. The highest BCUT2D eigenvalue weighted by molar-refractivity contribution is 5.78. The van der Waals surface area contributed by atoms with Crippen molar-refractivity contribution in [1.29, 1.82) is 0 Å². The van der Waals surface area contributed by atoms with E-state index in [9.17, 15) is 0 Å². The van der Waals surface area contributed by atoms with E-state index in [0.717, 1.165) is 5.71 Å². The topological polar surface area (TPSA) is 63.2 Å². The maximum atomic E-state index is 4.89. The molecule has 0 fully saturated rings. The first-order chi connectivity index (χ1) is 5.29. The van der Waals surface area contributed by atoms with E-state index in [1.54, 1.807) is 0 Å². The van der Waals surface area contributed by atoms with Gasteiger partial charge in [0, 0.05) is 0 Å². The molecule has 1 aromatic heterocycles. The van der Waals surface area contributed by atoms with Crippen molar-refractivity contribution in [2.45, 2.75) is 20.5 Å². The van der Waals surface area contributed by atoms with E-state index in [0.29, 0.717) is 12.4 Å². The third-order valence-electron chi connectivity index (χ3n) is 0.913. The fourth-order valence-corrected chi connectivity index (χ4v) is 0.523. The van der Waals surface area contributed by atoms with Crippen LogP contribution >= 0.6 is 0 Å². The molecule has 5 heteroatoms. The average Bonchev–Trinajstić information content (AvgIpc) is 2.39. The number of rotatable bonds is 3. The molecule has 0 unspecified atom stereocenters. The third-order valence-corrected chi connectivity index (χ3v) is 0.913. The zero-order valence-corrected chi connectivity index (χ0v) is 6.53. The zero-order chi connectivity index (χ0) is 8.10. The van der Waals surface area contributed by atoms with Crippen molar-refractivity contribution in [2.75, 3.05) is 0 Å². The van der Waals surface area contributed by atoms with Gasteiger partial charge in [-0.1, -0.05) is 5.16 Å². The first-order valence-corrected chi connectivity index (χ1v) is 3.26. The van der Waals surface area contributed by atoms with Crippen molar-refractivity contribution in [3.05, 3.63) is 12.2 Å². The smallest absolute Gasteiger partial charge is 0.176 e. The Hall–Kier alpha value is -1.39. The van der Waals surface area contributed by atoms with Crippen LogP contribution in [0.2, 0.25) is 0 Å². The molecule has 0 amide bonds. The average molecular weight is 154 g/mol. The Bertz CT molecular complexity index is 225. The van der Waals surface area contributed by atoms with Crippen LogP contribution in [0.25, 0.3) is 0 Å². The standard InChI is InChI=1S/C6H10N4O/c1-5(2)10-11-3-6-7-4-8-9-6/h4H,3H2,1-2H3,(H,7,8,9). The number of aromatic nitrogens is 3. The molecule has 0 bridgehead atoms. The van der Waals surface area contributed by atoms with Gasteiger partial charge in [-0.15, -0.1) is 0 Å². The van der Waals surface area contributed by atoms with Gasteiger partial charge in [0.2, 0.25) is 0 Å². The van der Waals surface area contributed by atoms with Gasteiger partial charge in [-0.25, -0.2) is 4.98 Å². The van der Waals surface area contributed by atoms with E-state index < -0.39 is 0 Å². The molecular formula is C6H10N4O. The summed E-state index contributed by atoms with van der Waals surface area (Å²) < 4.78 is 0. The molecule has 0 radical (unpaired) electrons. The van der Waals surface area contributed by atoms with Crippen molar-refractivity contribution in [3.63, 3.8) is 0 Å². The first-order valence-electron chi connectivity index (χ1n) is 3.26. The Balaban J connectivity index is 2.30. The van der Waals surface area contributed by atoms with Crippen LogP contribution in [0, 0.1) is 0 Å². The second-order valence-electron chi connectivity index (χ2n) is 2.24. The molecule has 0 saturated heterocycles. The van der Waals surface area contributed by atoms with Crippen molar-refractivity contribution in [2.24, 2.45) is 5.16 Å². The number of H-pyrrole nitrogens is 1. The Morgan fingerprint density at radius 1 is 1.73 bits per heavy atom. The van der Waals surface area contributed by atoms with Crippen LogP contribution in [0.3, 0.4) is 0 Å². The van der Waals surface area contributed by atoms with Gasteiger partial charge in [-0.3, -0.25) is 5.10 Å². The van der Waals surface area contributed by atoms with E-state index in [1.807, 2.05) is 13.8 Å². The zero-order valence-electron chi connectivity index (χ0n) is 6.53. The molecule has 0 atom stereocenters. The van der Waals surface area contributed by atoms with Gasteiger partial charge in [0.1, 0.15) is 6.33 Å². The number of nitrogens with one attached hydrogen (secondary N) is 1. The van der Waals surface area contributed by atoms with Gasteiger partial charge in [0.25, 0.3) is 0 Å². The minimum Gasteiger partial charge on any atom is -0.388 e. The summed E-state index contributed by atoms with van der Waals surface area (Å²) in [5, 5.41) is 10.0. The quantitative estimate of drug-likeness (QED) is 0.515. The van der Waals surface area contributed by atoms with E-state index >= 15 is 0 Å². The summed E-state index contributed by atoms with van der Waals surface area (Å²) in [7, 11) is 0. The van der Waals surface area contributed by atoms with Crippen molar-refractivity contribution in [3.8, 4) is 0 Å². The molecule has 60 valence electrons. The van der Waals surface area contributed by atoms with Crippen LogP contribution in [0.5, 0.6) is 0 Å². The Morgan fingerprint density at radius 2 is 2.55 bits per heavy atom. The maximum Gasteiger partial charge on any atom is 0.176 e. The second-order valence-corrected chi connectivity index (χ2v) is 2.24. The lowest BCUT2D eigenvalue weighted by Crippen LogP contribution is -1.91. The first kappa shape index (κ1) is 7.71. The van der Waals surface area contributed by atoms with E-state index in [-0.39, 0.29) is 0 Å². The molecule has 1 heterocycles. The minimum absolute atomic E-state index is 0.338. The normalized spacial score (nSPS) is 9.27. The fourth-order valence-electron chi connectivity index (χ4n) is 0.523. The Kier molecular flexibility index (Phi) is 2.59. The maximum absolute atomic E-state index is 4.89. The largest absolute Gasteiger partial charge is 0.388 e. The summed E-state index contributed by atoms with van der Waals surface area (Å²) in [5.74, 6) is 0.676. The van der Waals surface area contributed by atoms with Crippen molar-refractivity contribution < 1.29 is 4.84 Å². The molecule has 0 saturated carbocycles. The molecule has 0 aliphatic heterocycles. The molecule has 0 aromatic carbocycles. The second kappa shape index (κ2) is 3.70. The molecule has 5 nitrogen and oxygen atoms in total. The number of aromatic amines is 1. The summed E-state index contributed by atoms with van der Waals surface area (Å²) in [6.07, 6.45) is 1.43. The van der Waals surface area contributed by atoms with Crippen LogP contribution in [0.1, 0.15) is 19.7 Å². The van der Waals surface area contributed by atoms with Gasteiger partial charge in [-0.05, 0) is 13.8 Å².